The van der Waals surface area contributed by atoms with Gasteiger partial charge in [-0.1, -0.05) is 31.9 Å². The predicted molar refractivity (Wildman–Crippen MR) is 85.4 cm³/mol. The van der Waals surface area contributed by atoms with Crippen LogP contribution >= 0.6 is 23.4 Å². The zero-order valence-electron chi connectivity index (χ0n) is 12.1. The van der Waals surface area contributed by atoms with Crippen molar-refractivity contribution in [3.05, 3.63) is 23.4 Å². The van der Waals surface area contributed by atoms with E-state index in [2.05, 4.69) is 24.1 Å². The molecule has 1 aromatic rings. The molecule has 0 radical (unpaired) electrons. The van der Waals surface area contributed by atoms with Crippen molar-refractivity contribution < 1.29 is 5.11 Å². The molecule has 0 amide bonds. The Hall–Kier alpha value is -0.290. The molecule has 5 heteroatoms. The van der Waals surface area contributed by atoms with Crippen molar-refractivity contribution in [3.63, 3.8) is 0 Å². The van der Waals surface area contributed by atoms with Crippen LogP contribution in [0.25, 0.3) is 0 Å². The molecule has 0 aromatic carbocycles. The summed E-state index contributed by atoms with van der Waals surface area (Å²) in [7, 11) is 0. The third-order valence-corrected chi connectivity index (χ3v) is 5.13. The zero-order valence-corrected chi connectivity index (χ0v) is 13.7. The van der Waals surface area contributed by atoms with Gasteiger partial charge in [-0.3, -0.25) is 0 Å². The van der Waals surface area contributed by atoms with Gasteiger partial charge in [-0.2, -0.15) is 0 Å². The zero-order chi connectivity index (χ0) is 14.6. The van der Waals surface area contributed by atoms with Gasteiger partial charge in [0.15, 0.2) is 0 Å². The smallest absolute Gasteiger partial charge is 0.0963 e. The molecule has 0 aliphatic heterocycles. The summed E-state index contributed by atoms with van der Waals surface area (Å²) in [6.45, 7) is 4.47. The number of halogens is 1. The Balaban J connectivity index is 2.00. The molecule has 0 spiro atoms. The van der Waals surface area contributed by atoms with Gasteiger partial charge in [0, 0.05) is 23.0 Å². The van der Waals surface area contributed by atoms with Gasteiger partial charge in [0.2, 0.25) is 0 Å². The Labute approximate surface area is 130 Å². The van der Waals surface area contributed by atoms with Gasteiger partial charge < -0.3 is 10.4 Å². The summed E-state index contributed by atoms with van der Waals surface area (Å²) in [5.74, 6) is 0. The molecule has 1 saturated carbocycles. The lowest BCUT2D eigenvalue weighted by Gasteiger charge is -2.41. The number of aromatic nitrogens is 1. The molecular weight excluding hydrogens is 292 g/mol. The molecule has 20 heavy (non-hydrogen) atoms. The van der Waals surface area contributed by atoms with Gasteiger partial charge in [0.1, 0.15) is 0 Å². The Morgan fingerprint density at radius 2 is 2.35 bits per heavy atom. The predicted octanol–water partition coefficient (Wildman–Crippen LogP) is 3.50. The molecule has 1 aliphatic rings. The van der Waals surface area contributed by atoms with E-state index in [9.17, 15) is 5.11 Å². The third-order valence-electron chi connectivity index (χ3n) is 3.69. The van der Waals surface area contributed by atoms with Crippen molar-refractivity contribution in [2.45, 2.75) is 61.4 Å². The molecule has 3 nitrogen and oxygen atoms in total. The first-order valence-corrected chi connectivity index (χ1v) is 8.45. The van der Waals surface area contributed by atoms with Gasteiger partial charge in [-0.15, -0.1) is 11.8 Å². The molecule has 1 aliphatic carbocycles. The van der Waals surface area contributed by atoms with E-state index in [1.54, 1.807) is 18.0 Å². The van der Waals surface area contributed by atoms with Gasteiger partial charge in [0.25, 0.3) is 0 Å². The summed E-state index contributed by atoms with van der Waals surface area (Å²) in [6, 6.07) is 4.24. The molecular formula is C15H23ClN2OS. The van der Waals surface area contributed by atoms with E-state index < -0.39 is 0 Å². The molecule has 1 fully saturated rings. The topological polar surface area (TPSA) is 45.1 Å². The summed E-state index contributed by atoms with van der Waals surface area (Å²) >= 11 is 7.66. The first-order valence-electron chi connectivity index (χ1n) is 7.20. The van der Waals surface area contributed by atoms with Crippen LogP contribution < -0.4 is 5.32 Å². The second kappa shape index (κ2) is 7.12. The van der Waals surface area contributed by atoms with Crippen LogP contribution in [0.15, 0.2) is 23.4 Å². The summed E-state index contributed by atoms with van der Waals surface area (Å²) in [5, 5.41) is 15.5. The molecule has 2 N–H and O–H groups in total. The van der Waals surface area contributed by atoms with Crippen LogP contribution in [0.3, 0.4) is 0 Å². The molecule has 1 aromatic heterocycles. The highest BCUT2D eigenvalue weighted by molar-refractivity contribution is 7.99. The molecule has 0 bridgehead atoms. The average Bonchev–Trinajstić information content (AvgIpc) is 2.41. The van der Waals surface area contributed by atoms with E-state index in [0.29, 0.717) is 16.3 Å². The van der Waals surface area contributed by atoms with Gasteiger partial charge in [0.05, 0.1) is 16.7 Å². The van der Waals surface area contributed by atoms with Gasteiger partial charge in [-0.25, -0.2) is 4.98 Å². The number of rotatable bonds is 5. The molecule has 1 heterocycles. The number of nitrogens with one attached hydrogen (secondary N) is 1. The van der Waals surface area contributed by atoms with Crippen LogP contribution in [0.2, 0.25) is 5.02 Å². The van der Waals surface area contributed by atoms with Crippen LogP contribution in [0, 0.1) is 0 Å². The molecule has 0 saturated heterocycles. The number of pyridine rings is 1. The van der Waals surface area contributed by atoms with Crippen molar-refractivity contribution in [2.24, 2.45) is 0 Å². The first-order chi connectivity index (χ1) is 9.53. The van der Waals surface area contributed by atoms with E-state index in [4.69, 9.17) is 11.6 Å². The largest absolute Gasteiger partial charge is 0.394 e. The van der Waals surface area contributed by atoms with Crippen molar-refractivity contribution in [2.75, 3.05) is 6.61 Å². The standard InChI is InChI=1S/C15H23ClN2OS/c1-11(2)18-15(10-19)7-3-4-13(8-15)20-14-6-5-12(16)9-17-14/h5-6,9,11,13,18-19H,3-4,7-8,10H2,1-2H3. The maximum absolute atomic E-state index is 9.81. The van der Waals surface area contributed by atoms with Crippen LogP contribution in [0.4, 0.5) is 0 Å². The minimum atomic E-state index is -0.128. The van der Waals surface area contributed by atoms with Crippen molar-refractivity contribution in [1.82, 2.24) is 10.3 Å². The van der Waals surface area contributed by atoms with Gasteiger partial charge >= 0.3 is 0 Å². The van der Waals surface area contributed by atoms with Crippen LogP contribution in [0.5, 0.6) is 0 Å². The number of aliphatic hydroxyl groups is 1. The highest BCUT2D eigenvalue weighted by Crippen LogP contribution is 2.38. The minimum Gasteiger partial charge on any atom is -0.394 e. The van der Waals surface area contributed by atoms with Crippen molar-refractivity contribution >= 4 is 23.4 Å². The van der Waals surface area contributed by atoms with Crippen LogP contribution in [-0.2, 0) is 0 Å². The molecule has 2 rings (SSSR count). The number of thioether (sulfide) groups is 1. The lowest BCUT2D eigenvalue weighted by Crippen LogP contribution is -2.54. The molecule has 2 atom stereocenters. The monoisotopic (exact) mass is 314 g/mol. The van der Waals surface area contributed by atoms with Crippen LogP contribution in [-0.4, -0.2) is 33.5 Å². The average molecular weight is 315 g/mol. The van der Waals surface area contributed by atoms with Crippen molar-refractivity contribution in [1.29, 1.82) is 0 Å². The summed E-state index contributed by atoms with van der Waals surface area (Å²) in [6.07, 6.45) is 6.05. The summed E-state index contributed by atoms with van der Waals surface area (Å²) in [5.41, 5.74) is -0.128. The highest BCUT2D eigenvalue weighted by atomic mass is 35.5. The summed E-state index contributed by atoms with van der Waals surface area (Å²) in [4.78, 5) is 4.36. The fourth-order valence-electron chi connectivity index (χ4n) is 2.94. The summed E-state index contributed by atoms with van der Waals surface area (Å²) < 4.78 is 0. The van der Waals surface area contributed by atoms with E-state index in [-0.39, 0.29) is 12.1 Å². The third kappa shape index (κ3) is 4.35. The minimum absolute atomic E-state index is 0.128. The number of nitrogens with zero attached hydrogens (tertiary/aromatic N) is 1. The fraction of sp³-hybridized carbons (Fsp3) is 0.667. The van der Waals surface area contributed by atoms with E-state index >= 15 is 0 Å². The Kier molecular flexibility index (Phi) is 5.73. The second-order valence-corrected chi connectivity index (χ2v) is 7.65. The SMILES string of the molecule is CC(C)NC1(CO)CCCC(Sc2ccc(Cl)cn2)C1. The first kappa shape index (κ1) is 16.1. The van der Waals surface area contributed by atoms with E-state index in [1.165, 1.54) is 6.42 Å². The maximum Gasteiger partial charge on any atom is 0.0963 e. The number of aliphatic hydroxyl groups excluding tert-OH is 1. The molecule has 112 valence electrons. The Bertz CT molecular complexity index is 426. The Morgan fingerprint density at radius 3 is 2.95 bits per heavy atom. The van der Waals surface area contributed by atoms with Crippen molar-refractivity contribution in [3.8, 4) is 0 Å². The molecule has 2 unspecified atom stereocenters. The van der Waals surface area contributed by atoms with Gasteiger partial charge in [-0.05, 0) is 31.4 Å². The van der Waals surface area contributed by atoms with E-state index in [1.807, 2.05) is 12.1 Å². The second-order valence-electron chi connectivity index (χ2n) is 5.89. The lowest BCUT2D eigenvalue weighted by molar-refractivity contribution is 0.115. The number of hydrogen-bond donors (Lipinski definition) is 2. The Morgan fingerprint density at radius 1 is 1.55 bits per heavy atom. The van der Waals surface area contributed by atoms with Crippen LogP contribution in [0.1, 0.15) is 39.5 Å². The quantitative estimate of drug-likeness (QED) is 0.873. The normalized spacial score (nSPS) is 26.9. The number of hydrogen-bond acceptors (Lipinski definition) is 4. The fourth-order valence-corrected chi connectivity index (χ4v) is 4.34. The maximum atomic E-state index is 9.81. The lowest BCUT2D eigenvalue weighted by atomic mass is 9.81. The highest BCUT2D eigenvalue weighted by Gasteiger charge is 2.36. The van der Waals surface area contributed by atoms with E-state index in [0.717, 1.165) is 24.3 Å².